The van der Waals surface area contributed by atoms with Crippen LogP contribution in [-0.2, 0) is 0 Å². The zero-order valence-corrected chi connectivity index (χ0v) is 18.0. The first-order chi connectivity index (χ1) is 14.7. The highest BCUT2D eigenvalue weighted by molar-refractivity contribution is 6.23. The predicted molar refractivity (Wildman–Crippen MR) is 118 cm³/mol. The van der Waals surface area contributed by atoms with Gasteiger partial charge in [0.15, 0.2) is 5.78 Å². The summed E-state index contributed by atoms with van der Waals surface area (Å²) in [4.78, 5) is 15.6. The normalized spacial score (nSPS) is 15.2. The molecule has 0 amide bonds. The summed E-state index contributed by atoms with van der Waals surface area (Å²) in [5, 5.41) is 0. The molecule has 0 N–H and O–H groups in total. The van der Waals surface area contributed by atoms with E-state index in [2.05, 4.69) is 18.7 Å². The molecule has 1 fully saturated rings. The fourth-order valence-corrected chi connectivity index (χ4v) is 4.19. The van der Waals surface area contributed by atoms with Gasteiger partial charge in [-0.15, -0.1) is 0 Å². The number of ketones is 1. The van der Waals surface area contributed by atoms with Crippen LogP contribution in [0.3, 0.4) is 0 Å². The van der Waals surface area contributed by atoms with E-state index in [1.54, 1.807) is 0 Å². The number of likely N-dealkylation sites (tertiary alicyclic amines) is 1. The Bertz CT molecular complexity index is 902. The first kappa shape index (κ1) is 20.7. The third-order valence-corrected chi connectivity index (χ3v) is 5.64. The number of ether oxygens (including phenoxy) is 3. The Kier molecular flexibility index (Phi) is 6.58. The van der Waals surface area contributed by atoms with Gasteiger partial charge in [-0.2, -0.15) is 0 Å². The van der Waals surface area contributed by atoms with E-state index in [1.807, 2.05) is 30.3 Å². The molecule has 1 saturated heterocycles. The van der Waals surface area contributed by atoms with E-state index in [0.717, 1.165) is 49.4 Å². The average molecular weight is 410 g/mol. The number of nitrogens with zero attached hydrogens (tertiary/aromatic N) is 1. The second-order valence-electron chi connectivity index (χ2n) is 7.95. The van der Waals surface area contributed by atoms with Crippen molar-refractivity contribution >= 4 is 5.78 Å². The van der Waals surface area contributed by atoms with Crippen LogP contribution in [0.15, 0.2) is 30.3 Å². The molecule has 2 aromatic carbocycles. The van der Waals surface area contributed by atoms with Crippen LogP contribution >= 0.6 is 0 Å². The zero-order chi connectivity index (χ0) is 20.9. The van der Waals surface area contributed by atoms with E-state index in [1.165, 1.54) is 12.8 Å². The molecule has 0 bridgehead atoms. The van der Waals surface area contributed by atoms with Gasteiger partial charge in [-0.05, 0) is 50.9 Å². The Morgan fingerprint density at radius 1 is 0.833 bits per heavy atom. The number of hydrogen-bond acceptors (Lipinski definition) is 5. The summed E-state index contributed by atoms with van der Waals surface area (Å²) in [5.74, 6) is 2.14. The fourth-order valence-electron chi connectivity index (χ4n) is 4.19. The van der Waals surface area contributed by atoms with Gasteiger partial charge in [0.1, 0.15) is 23.9 Å². The van der Waals surface area contributed by atoms with Crippen molar-refractivity contribution < 1.29 is 19.0 Å². The minimum Gasteiger partial charge on any atom is -0.493 e. The van der Waals surface area contributed by atoms with Crippen LogP contribution in [0.1, 0.15) is 55.5 Å². The minimum atomic E-state index is 0.00768. The summed E-state index contributed by atoms with van der Waals surface area (Å²) in [5.41, 5.74) is 3.01. The molecule has 160 valence electrons. The first-order valence-corrected chi connectivity index (χ1v) is 11.2. The van der Waals surface area contributed by atoms with Crippen LogP contribution in [-0.4, -0.2) is 50.1 Å². The molecule has 1 aliphatic heterocycles. The maximum Gasteiger partial charge on any atom is 0.194 e. The summed E-state index contributed by atoms with van der Waals surface area (Å²) in [6.45, 7) is 9.15. The lowest BCUT2D eigenvalue weighted by Crippen LogP contribution is -2.25. The van der Waals surface area contributed by atoms with Crippen LogP contribution in [0.4, 0.5) is 0 Å². The number of carbonyl (C=O) groups is 1. The maximum atomic E-state index is 13.2. The molecule has 5 nitrogen and oxygen atoms in total. The Morgan fingerprint density at radius 2 is 1.53 bits per heavy atom. The summed E-state index contributed by atoms with van der Waals surface area (Å²) in [6.07, 6.45) is 4.33. The van der Waals surface area contributed by atoms with Crippen molar-refractivity contribution in [1.29, 1.82) is 0 Å². The van der Waals surface area contributed by atoms with Gasteiger partial charge in [-0.1, -0.05) is 26.0 Å². The van der Waals surface area contributed by atoms with Crippen molar-refractivity contribution in [3.8, 4) is 28.4 Å². The number of fused-ring (bicyclic) bond motifs is 3. The van der Waals surface area contributed by atoms with E-state index < -0.39 is 0 Å². The first-order valence-electron chi connectivity index (χ1n) is 11.2. The molecule has 30 heavy (non-hydrogen) atoms. The van der Waals surface area contributed by atoms with E-state index in [4.69, 9.17) is 14.2 Å². The summed E-state index contributed by atoms with van der Waals surface area (Å²) >= 11 is 0. The number of benzene rings is 2. The second kappa shape index (κ2) is 9.52. The van der Waals surface area contributed by atoms with E-state index in [0.29, 0.717) is 42.4 Å². The maximum absolute atomic E-state index is 13.2. The molecule has 0 atom stereocenters. The molecule has 1 aliphatic carbocycles. The quantitative estimate of drug-likeness (QED) is 0.474. The molecule has 0 spiro atoms. The lowest BCUT2D eigenvalue weighted by molar-refractivity contribution is 0.104. The van der Waals surface area contributed by atoms with Crippen LogP contribution in [0.25, 0.3) is 11.1 Å². The monoisotopic (exact) mass is 409 g/mol. The fraction of sp³-hybridized carbons (Fsp3) is 0.480. The molecule has 2 aliphatic rings. The molecular formula is C25H31NO4. The summed E-state index contributed by atoms with van der Waals surface area (Å²) < 4.78 is 18.1. The highest BCUT2D eigenvalue weighted by Crippen LogP contribution is 2.49. The van der Waals surface area contributed by atoms with Crippen molar-refractivity contribution in [2.45, 2.75) is 39.5 Å². The van der Waals surface area contributed by atoms with Gasteiger partial charge in [0.05, 0.1) is 13.2 Å². The molecule has 5 heteroatoms. The van der Waals surface area contributed by atoms with Gasteiger partial charge in [0, 0.05) is 34.9 Å². The molecular weight excluding hydrogens is 378 g/mol. The lowest BCUT2D eigenvalue weighted by Gasteiger charge is -2.18. The van der Waals surface area contributed by atoms with Crippen molar-refractivity contribution in [2.24, 2.45) is 0 Å². The molecule has 4 rings (SSSR count). The molecule has 0 saturated carbocycles. The van der Waals surface area contributed by atoms with Crippen LogP contribution in [0, 0.1) is 0 Å². The van der Waals surface area contributed by atoms with Crippen molar-refractivity contribution in [3.63, 3.8) is 0 Å². The SMILES string of the molecule is CCCOc1cc(OCCC)c2c(c1)C(=O)c1cccc(OCCN3CCCC3)c1-2. The standard InChI is InChI=1S/C25H31NO4/c1-3-13-28-18-16-20-24(22(17-18)29-14-4-2)23-19(25(20)27)8-7-9-21(23)30-15-12-26-10-5-6-11-26/h7-9,16-17H,3-6,10-15H2,1-2H3. The zero-order valence-electron chi connectivity index (χ0n) is 18.0. The van der Waals surface area contributed by atoms with Crippen molar-refractivity contribution in [2.75, 3.05) is 39.5 Å². The Morgan fingerprint density at radius 3 is 2.30 bits per heavy atom. The Balaban J connectivity index is 1.67. The molecule has 0 aromatic heterocycles. The second-order valence-corrected chi connectivity index (χ2v) is 7.95. The lowest BCUT2D eigenvalue weighted by atomic mass is 10.0. The number of carbonyl (C=O) groups excluding carboxylic acids is 1. The molecule has 0 radical (unpaired) electrons. The third-order valence-electron chi connectivity index (χ3n) is 5.64. The highest BCUT2D eigenvalue weighted by atomic mass is 16.5. The van der Waals surface area contributed by atoms with Crippen LogP contribution in [0.5, 0.6) is 17.2 Å². The van der Waals surface area contributed by atoms with E-state index in [9.17, 15) is 4.79 Å². The molecule has 0 unspecified atom stereocenters. The van der Waals surface area contributed by atoms with Crippen LogP contribution < -0.4 is 14.2 Å². The third kappa shape index (κ3) is 4.17. The highest BCUT2D eigenvalue weighted by Gasteiger charge is 2.33. The average Bonchev–Trinajstić information content (AvgIpc) is 3.38. The Labute approximate surface area is 178 Å². The van der Waals surface area contributed by atoms with Gasteiger partial charge in [0.25, 0.3) is 0 Å². The molecule has 2 aromatic rings. The topological polar surface area (TPSA) is 48.0 Å². The minimum absolute atomic E-state index is 0.00768. The number of hydrogen-bond donors (Lipinski definition) is 0. The summed E-state index contributed by atoms with van der Waals surface area (Å²) in [7, 11) is 0. The van der Waals surface area contributed by atoms with E-state index in [-0.39, 0.29) is 5.78 Å². The van der Waals surface area contributed by atoms with Gasteiger partial charge >= 0.3 is 0 Å². The Hall–Kier alpha value is -2.53. The smallest absolute Gasteiger partial charge is 0.194 e. The predicted octanol–water partition coefficient (Wildman–Crippen LogP) is 4.95. The number of rotatable bonds is 10. The van der Waals surface area contributed by atoms with Crippen molar-refractivity contribution in [1.82, 2.24) is 4.90 Å². The van der Waals surface area contributed by atoms with Gasteiger partial charge in [-0.25, -0.2) is 0 Å². The van der Waals surface area contributed by atoms with Crippen LogP contribution in [0.2, 0.25) is 0 Å². The van der Waals surface area contributed by atoms with Gasteiger partial charge in [0.2, 0.25) is 0 Å². The van der Waals surface area contributed by atoms with Gasteiger partial charge < -0.3 is 14.2 Å². The van der Waals surface area contributed by atoms with E-state index >= 15 is 0 Å². The largest absolute Gasteiger partial charge is 0.493 e. The molecule has 1 heterocycles. The summed E-state index contributed by atoms with van der Waals surface area (Å²) in [6, 6.07) is 9.49. The van der Waals surface area contributed by atoms with Crippen molar-refractivity contribution in [3.05, 3.63) is 41.5 Å². The van der Waals surface area contributed by atoms with Gasteiger partial charge in [-0.3, -0.25) is 9.69 Å².